The molecule has 0 aliphatic heterocycles. The summed E-state index contributed by atoms with van der Waals surface area (Å²) in [6, 6.07) is 7.30. The van der Waals surface area contributed by atoms with Crippen molar-refractivity contribution in [2.45, 2.75) is 19.3 Å². The molecule has 1 aromatic carbocycles. The molecule has 3 aromatic rings. The second-order valence-corrected chi connectivity index (χ2v) is 9.49. The Morgan fingerprint density at radius 1 is 1.22 bits per heavy atom. The first-order valence-electron chi connectivity index (χ1n) is 9.11. The molecule has 2 heterocycles. The van der Waals surface area contributed by atoms with Crippen molar-refractivity contribution in [2.75, 3.05) is 12.5 Å². The van der Waals surface area contributed by atoms with Crippen LogP contribution in [0.4, 0.5) is 18.9 Å². The first-order valence-corrected chi connectivity index (χ1v) is 11.4. The molecule has 170 valence electrons. The Hall–Kier alpha value is -3.48. The van der Waals surface area contributed by atoms with E-state index < -0.39 is 33.8 Å². The summed E-state index contributed by atoms with van der Waals surface area (Å²) in [6.07, 6.45) is 0.861. The van der Waals surface area contributed by atoms with E-state index in [4.69, 9.17) is 0 Å². The monoisotopic (exact) mass is 468 g/mol. The number of halogens is 3. The highest BCUT2D eigenvalue weighted by Crippen LogP contribution is 2.24. The number of pyridine rings is 1. The van der Waals surface area contributed by atoms with Gasteiger partial charge in [-0.2, -0.15) is 14.1 Å². The van der Waals surface area contributed by atoms with Gasteiger partial charge in [0, 0.05) is 27.8 Å². The van der Waals surface area contributed by atoms with Crippen LogP contribution < -0.4 is 10.1 Å². The first kappa shape index (κ1) is 23.2. The van der Waals surface area contributed by atoms with Crippen molar-refractivity contribution in [3.63, 3.8) is 0 Å². The minimum absolute atomic E-state index is 0.0171. The molecule has 0 aliphatic carbocycles. The van der Waals surface area contributed by atoms with Crippen LogP contribution in [-0.4, -0.2) is 48.7 Å². The van der Waals surface area contributed by atoms with Crippen LogP contribution >= 0.6 is 0 Å². The molecule has 9 nitrogen and oxygen atoms in total. The number of carbonyl (C=O) groups is 1. The van der Waals surface area contributed by atoms with Gasteiger partial charge in [-0.1, -0.05) is 6.07 Å². The van der Waals surface area contributed by atoms with Gasteiger partial charge in [0.2, 0.25) is 0 Å². The third kappa shape index (κ3) is 6.26. The van der Waals surface area contributed by atoms with E-state index in [0.717, 1.165) is 12.1 Å². The van der Waals surface area contributed by atoms with Crippen LogP contribution in [0.1, 0.15) is 29.1 Å². The van der Waals surface area contributed by atoms with E-state index in [9.17, 15) is 22.2 Å². The van der Waals surface area contributed by atoms with Crippen LogP contribution in [0.15, 0.2) is 53.3 Å². The lowest BCUT2D eigenvalue weighted by atomic mass is 10.2. The maximum absolute atomic E-state index is 12.5. The zero-order valence-electron chi connectivity index (χ0n) is 17.2. The van der Waals surface area contributed by atoms with Crippen LogP contribution in [0.5, 0.6) is 5.75 Å². The number of ether oxygens (including phenoxy) is 1. The largest absolute Gasteiger partial charge is 0.573 e. The van der Waals surface area contributed by atoms with Gasteiger partial charge in [0.05, 0.1) is 17.9 Å². The Labute approximate surface area is 181 Å². The second kappa shape index (κ2) is 8.94. The fourth-order valence-corrected chi connectivity index (χ4v) is 3.33. The Balaban J connectivity index is 1.77. The van der Waals surface area contributed by atoms with Crippen LogP contribution in [0, 0.1) is 0 Å². The first-order chi connectivity index (χ1) is 14.9. The lowest BCUT2D eigenvalue weighted by molar-refractivity contribution is -0.274. The molecule has 0 saturated carbocycles. The van der Waals surface area contributed by atoms with Gasteiger partial charge in [0.15, 0.2) is 11.6 Å². The number of amides is 1. The van der Waals surface area contributed by atoms with E-state index in [2.05, 4.69) is 29.5 Å². The maximum atomic E-state index is 12.5. The average Bonchev–Trinajstić information content (AvgIpc) is 3.16. The summed E-state index contributed by atoms with van der Waals surface area (Å²) in [5, 5.41) is 6.76. The van der Waals surface area contributed by atoms with Crippen LogP contribution in [-0.2, 0) is 9.73 Å². The third-order valence-corrected chi connectivity index (χ3v) is 4.56. The molecule has 0 aliphatic rings. The summed E-state index contributed by atoms with van der Waals surface area (Å²) in [5.41, 5.74) is 0.421. The number of carbonyl (C=O) groups excluding carboxylic acids is 1. The smallest absolute Gasteiger partial charge is 0.406 e. The van der Waals surface area contributed by atoms with Crippen molar-refractivity contribution in [3.05, 3.63) is 60.3 Å². The molecule has 3 rings (SSSR count). The summed E-state index contributed by atoms with van der Waals surface area (Å²) >= 11 is 0. The number of benzene rings is 1. The van der Waals surface area contributed by atoms with Gasteiger partial charge in [-0.3, -0.25) is 4.79 Å². The summed E-state index contributed by atoms with van der Waals surface area (Å²) < 4.78 is 58.3. The molecule has 32 heavy (non-hydrogen) atoms. The number of hydrogen-bond acceptors (Lipinski definition) is 7. The molecular formula is C19H19F3N6O3S. The Morgan fingerprint density at radius 2 is 1.97 bits per heavy atom. The summed E-state index contributed by atoms with van der Waals surface area (Å²) in [5.74, 6) is -0.397. The predicted octanol–water partition coefficient (Wildman–Crippen LogP) is 3.41. The molecule has 0 unspecified atom stereocenters. The number of nitrogens with zero attached hydrogens (tertiary/aromatic N) is 5. The lowest BCUT2D eigenvalue weighted by Crippen LogP contribution is -2.29. The van der Waals surface area contributed by atoms with Gasteiger partial charge in [0.1, 0.15) is 12.1 Å². The van der Waals surface area contributed by atoms with Crippen molar-refractivity contribution < 1.29 is 26.9 Å². The van der Waals surface area contributed by atoms with E-state index in [1.54, 1.807) is 19.1 Å². The molecule has 1 N–H and O–H groups in total. The highest BCUT2D eigenvalue weighted by molar-refractivity contribution is 7.92. The Kier molecular flexibility index (Phi) is 6.48. The van der Waals surface area contributed by atoms with Crippen molar-refractivity contribution in [2.24, 2.45) is 4.36 Å². The molecule has 1 amide bonds. The molecule has 13 heteroatoms. The molecule has 2 aromatic heterocycles. The van der Waals surface area contributed by atoms with E-state index >= 15 is 0 Å². The maximum Gasteiger partial charge on any atom is 0.573 e. The molecule has 0 radical (unpaired) electrons. The van der Waals surface area contributed by atoms with Crippen molar-refractivity contribution >= 4 is 21.3 Å². The zero-order valence-corrected chi connectivity index (χ0v) is 18.0. The van der Waals surface area contributed by atoms with E-state index in [0.29, 0.717) is 17.3 Å². The molecule has 0 fully saturated rings. The average molecular weight is 468 g/mol. The van der Waals surface area contributed by atoms with Crippen LogP contribution in [0.3, 0.4) is 0 Å². The van der Waals surface area contributed by atoms with Crippen molar-refractivity contribution in [1.29, 1.82) is 0 Å². The van der Waals surface area contributed by atoms with Gasteiger partial charge in [-0.25, -0.2) is 14.2 Å². The van der Waals surface area contributed by atoms with E-state index in [-0.39, 0.29) is 5.56 Å². The third-order valence-electron chi connectivity index (χ3n) is 3.91. The molecule has 1 atom stereocenters. The zero-order chi connectivity index (χ0) is 23.5. The van der Waals surface area contributed by atoms with Gasteiger partial charge >= 0.3 is 6.36 Å². The number of nitrogens with one attached hydrogen (secondary N) is 1. The fraction of sp³-hybridized carbons (Fsp3) is 0.263. The van der Waals surface area contributed by atoms with Gasteiger partial charge in [-0.15, -0.1) is 13.2 Å². The van der Waals surface area contributed by atoms with Gasteiger partial charge in [0.25, 0.3) is 5.91 Å². The van der Waals surface area contributed by atoms with Gasteiger partial charge < -0.3 is 10.1 Å². The van der Waals surface area contributed by atoms with E-state index in [1.807, 2.05) is 0 Å². The minimum atomic E-state index is -4.86. The molecular weight excluding hydrogens is 449 g/mol. The highest BCUT2D eigenvalue weighted by atomic mass is 32.2. The summed E-state index contributed by atoms with van der Waals surface area (Å²) in [6.45, 7) is 1.64. The summed E-state index contributed by atoms with van der Waals surface area (Å²) in [7, 11) is -2.34. The number of rotatable bonds is 6. The SMILES string of the molecule is C[C@H](NC(=O)c1cccc(OC(F)(F)F)c1)c1ncnn1-c1ccc(N=S(C)(C)=O)cn1. The molecule has 0 saturated heterocycles. The topological polar surface area (TPSA) is 111 Å². The van der Waals surface area contributed by atoms with E-state index in [1.165, 1.54) is 41.9 Å². The number of hydrogen-bond donors (Lipinski definition) is 1. The van der Waals surface area contributed by atoms with Crippen LogP contribution in [0.25, 0.3) is 5.82 Å². The number of aromatic nitrogens is 4. The van der Waals surface area contributed by atoms with Crippen molar-refractivity contribution in [1.82, 2.24) is 25.1 Å². The number of alkyl halides is 3. The fourth-order valence-electron chi connectivity index (χ4n) is 2.71. The summed E-state index contributed by atoms with van der Waals surface area (Å²) in [4.78, 5) is 20.9. The Bertz CT molecular complexity index is 1230. The molecule has 0 bridgehead atoms. The predicted molar refractivity (Wildman–Crippen MR) is 110 cm³/mol. The minimum Gasteiger partial charge on any atom is -0.406 e. The lowest BCUT2D eigenvalue weighted by Gasteiger charge is -2.15. The standard InChI is InChI=1S/C19H19F3N6O3S/c1-12(26-18(29)13-5-4-6-15(9-13)31-19(20,21)22)17-24-11-25-28(17)16-8-7-14(10-23-16)27-32(2,3)30/h4-12H,1-3H3,(H,26,29)/t12-/m0/s1. The Morgan fingerprint density at radius 3 is 2.59 bits per heavy atom. The normalized spacial score (nSPS) is 12.8. The molecule has 0 spiro atoms. The second-order valence-electron chi connectivity index (χ2n) is 6.95. The van der Waals surface area contributed by atoms with Crippen LogP contribution in [0.2, 0.25) is 0 Å². The van der Waals surface area contributed by atoms with Crippen molar-refractivity contribution in [3.8, 4) is 11.6 Å². The highest BCUT2D eigenvalue weighted by Gasteiger charge is 2.31. The van der Waals surface area contributed by atoms with Gasteiger partial charge in [-0.05, 0) is 37.3 Å². The quantitative estimate of drug-likeness (QED) is 0.594.